The molecular weight excluding hydrogens is 419 g/mol. The van der Waals surface area contributed by atoms with Crippen molar-refractivity contribution in [2.45, 2.75) is 31.8 Å². The maximum Gasteiger partial charge on any atom is 0.491 e. The van der Waals surface area contributed by atoms with Crippen molar-refractivity contribution in [3.8, 4) is 0 Å². The van der Waals surface area contributed by atoms with Crippen molar-refractivity contribution in [1.82, 2.24) is 4.90 Å². The Morgan fingerprint density at radius 3 is 2.38 bits per heavy atom. The largest absolute Gasteiger partial charge is 0.491 e. The predicted molar refractivity (Wildman–Crippen MR) is 118 cm³/mol. The Kier molecular flexibility index (Phi) is 9.36. The Bertz CT molecular complexity index is 947. The summed E-state index contributed by atoms with van der Waals surface area (Å²) in [5, 5.41) is 37.4. The molecule has 2 amide bonds. The molecule has 0 aliphatic rings. The Morgan fingerprint density at radius 1 is 1.03 bits per heavy atom. The van der Waals surface area contributed by atoms with Crippen molar-refractivity contribution < 1.29 is 34.1 Å². The van der Waals surface area contributed by atoms with Crippen LogP contribution in [0.3, 0.4) is 0 Å². The average molecular weight is 445 g/mol. The topological polar surface area (TPSA) is 170 Å². The molecule has 170 valence electrons. The first kappa shape index (κ1) is 25.5. The van der Waals surface area contributed by atoms with Gasteiger partial charge in [0.1, 0.15) is 5.82 Å². The molecule has 0 saturated carbocycles. The maximum absolute atomic E-state index is 13.8. The first-order chi connectivity index (χ1) is 15.1. The number of halogens is 1. The lowest BCUT2D eigenvalue weighted by Gasteiger charge is -2.24. The molecular formula is C20H26B2FN3O6. The van der Waals surface area contributed by atoms with Crippen molar-refractivity contribution in [3.05, 3.63) is 59.4 Å². The summed E-state index contributed by atoms with van der Waals surface area (Å²) in [4.78, 5) is 25.7. The minimum atomic E-state index is -2.07. The van der Waals surface area contributed by atoms with Crippen molar-refractivity contribution in [1.29, 1.82) is 0 Å². The zero-order chi connectivity index (χ0) is 23.8. The van der Waals surface area contributed by atoms with Gasteiger partial charge in [-0.3, -0.25) is 9.59 Å². The Hall–Kier alpha value is -2.76. The van der Waals surface area contributed by atoms with E-state index in [-0.39, 0.29) is 24.1 Å². The van der Waals surface area contributed by atoms with E-state index in [1.54, 1.807) is 18.2 Å². The summed E-state index contributed by atoms with van der Waals surface area (Å²) in [5.41, 5.74) is 11.3. The number of rotatable bonds is 11. The number of carbonyl (C=O) groups is 2. The first-order valence-electron chi connectivity index (χ1n) is 10.0. The van der Waals surface area contributed by atoms with Crippen molar-refractivity contribution in [3.63, 3.8) is 0 Å². The fourth-order valence-electron chi connectivity index (χ4n) is 3.19. The molecule has 0 aromatic heterocycles. The van der Waals surface area contributed by atoms with E-state index in [1.807, 2.05) is 0 Å². The van der Waals surface area contributed by atoms with Crippen LogP contribution in [0.2, 0.25) is 0 Å². The highest BCUT2D eigenvalue weighted by Crippen LogP contribution is 2.13. The molecule has 2 rings (SSSR count). The predicted octanol–water partition coefficient (Wildman–Crippen LogP) is -2.19. The Morgan fingerprint density at radius 2 is 1.75 bits per heavy atom. The summed E-state index contributed by atoms with van der Waals surface area (Å²) in [6.45, 7) is 0.361. The van der Waals surface area contributed by atoms with Gasteiger partial charge in [0.25, 0.3) is 5.91 Å². The summed E-state index contributed by atoms with van der Waals surface area (Å²) >= 11 is 0. The number of nitrogens with zero attached hydrogens (tertiary/aromatic N) is 1. The molecule has 0 heterocycles. The first-order valence-corrected chi connectivity index (χ1v) is 10.0. The van der Waals surface area contributed by atoms with Gasteiger partial charge in [-0.25, -0.2) is 4.39 Å². The van der Waals surface area contributed by atoms with Gasteiger partial charge in [0.05, 0.1) is 6.04 Å². The van der Waals surface area contributed by atoms with Crippen LogP contribution >= 0.6 is 0 Å². The van der Waals surface area contributed by atoms with Gasteiger partial charge in [-0.05, 0) is 48.5 Å². The number of benzene rings is 2. The van der Waals surface area contributed by atoms with Gasteiger partial charge >= 0.3 is 14.2 Å². The standard InChI is InChI=1S/C20H26B2FN3O6/c23-17-8-7-14(11-16(17)22(31)32)20(28)26(9-2-1-6-18(24)19(25)27)12-13-4-3-5-15(10-13)21(29)30/h3-5,7-8,10-11,18,29-32H,1-2,6,9,12,24H2,(H2,25,27). The zero-order valence-electron chi connectivity index (χ0n) is 17.4. The minimum absolute atomic E-state index is 0.0571. The second-order valence-corrected chi connectivity index (χ2v) is 7.46. The summed E-state index contributed by atoms with van der Waals surface area (Å²) in [6.07, 6.45) is 1.36. The molecule has 1 unspecified atom stereocenters. The van der Waals surface area contributed by atoms with Gasteiger partial charge in [-0.2, -0.15) is 0 Å². The fourth-order valence-corrected chi connectivity index (χ4v) is 3.19. The molecule has 0 fully saturated rings. The van der Waals surface area contributed by atoms with Gasteiger partial charge in [-0.15, -0.1) is 0 Å². The Balaban J connectivity index is 2.22. The fraction of sp³-hybridized carbons (Fsp3) is 0.300. The lowest BCUT2D eigenvalue weighted by Crippen LogP contribution is -2.37. The molecule has 12 heteroatoms. The monoisotopic (exact) mass is 445 g/mol. The van der Waals surface area contributed by atoms with E-state index in [9.17, 15) is 34.1 Å². The van der Waals surface area contributed by atoms with E-state index >= 15 is 0 Å². The van der Waals surface area contributed by atoms with E-state index in [2.05, 4.69) is 0 Å². The van der Waals surface area contributed by atoms with Gasteiger partial charge in [-0.1, -0.05) is 24.3 Å². The van der Waals surface area contributed by atoms with Gasteiger partial charge in [0, 0.05) is 24.1 Å². The molecule has 0 aliphatic heterocycles. The van der Waals surface area contributed by atoms with E-state index in [0.29, 0.717) is 24.8 Å². The normalized spacial score (nSPS) is 11.7. The van der Waals surface area contributed by atoms with Crippen LogP contribution in [0.25, 0.3) is 0 Å². The molecule has 9 nitrogen and oxygen atoms in total. The minimum Gasteiger partial charge on any atom is -0.423 e. The molecule has 32 heavy (non-hydrogen) atoms. The molecule has 8 N–H and O–H groups in total. The van der Waals surface area contributed by atoms with E-state index in [4.69, 9.17) is 11.5 Å². The second-order valence-electron chi connectivity index (χ2n) is 7.46. The van der Waals surface area contributed by atoms with E-state index in [0.717, 1.165) is 12.1 Å². The number of unbranched alkanes of at least 4 members (excludes halogenated alkanes) is 1. The van der Waals surface area contributed by atoms with Crippen molar-refractivity contribution in [2.75, 3.05) is 6.54 Å². The number of nitrogens with two attached hydrogens (primary N) is 2. The summed E-state index contributed by atoms with van der Waals surface area (Å²) in [5.74, 6) is -1.95. The molecule has 0 bridgehead atoms. The van der Waals surface area contributed by atoms with Crippen LogP contribution in [0.4, 0.5) is 4.39 Å². The quantitative estimate of drug-likeness (QED) is 0.169. The molecule has 0 radical (unpaired) electrons. The molecule has 1 atom stereocenters. The van der Waals surface area contributed by atoms with Crippen LogP contribution in [0.1, 0.15) is 35.2 Å². The third-order valence-electron chi connectivity index (χ3n) is 4.99. The van der Waals surface area contributed by atoms with Gasteiger partial charge in [0.2, 0.25) is 5.91 Å². The number of primary amides is 1. The number of amides is 2. The summed E-state index contributed by atoms with van der Waals surface area (Å²) in [6, 6.07) is 8.92. The van der Waals surface area contributed by atoms with Gasteiger partial charge < -0.3 is 36.5 Å². The maximum atomic E-state index is 13.8. The van der Waals surface area contributed by atoms with Crippen LogP contribution < -0.4 is 22.4 Å². The van der Waals surface area contributed by atoms with Crippen LogP contribution in [0.15, 0.2) is 42.5 Å². The number of hydrogen-bond donors (Lipinski definition) is 6. The lowest BCUT2D eigenvalue weighted by atomic mass is 9.79. The summed E-state index contributed by atoms with van der Waals surface area (Å²) < 4.78 is 13.8. The third kappa shape index (κ3) is 7.14. The van der Waals surface area contributed by atoms with E-state index in [1.165, 1.54) is 17.0 Å². The highest BCUT2D eigenvalue weighted by Gasteiger charge is 2.22. The van der Waals surface area contributed by atoms with Crippen LogP contribution in [-0.4, -0.2) is 63.6 Å². The molecule has 2 aromatic rings. The molecule has 0 aliphatic carbocycles. The van der Waals surface area contributed by atoms with Crippen LogP contribution in [-0.2, 0) is 11.3 Å². The Labute approximate surface area is 185 Å². The lowest BCUT2D eigenvalue weighted by molar-refractivity contribution is -0.119. The molecule has 0 saturated heterocycles. The zero-order valence-corrected chi connectivity index (χ0v) is 17.4. The van der Waals surface area contributed by atoms with Crippen LogP contribution in [0, 0.1) is 5.82 Å². The molecule has 0 spiro atoms. The van der Waals surface area contributed by atoms with Crippen molar-refractivity contribution >= 4 is 37.0 Å². The van der Waals surface area contributed by atoms with E-state index < -0.39 is 43.4 Å². The summed E-state index contributed by atoms with van der Waals surface area (Å²) in [7, 11) is -3.74. The number of hydrogen-bond acceptors (Lipinski definition) is 7. The third-order valence-corrected chi connectivity index (χ3v) is 4.99. The molecule has 2 aromatic carbocycles. The smallest absolute Gasteiger partial charge is 0.423 e. The second kappa shape index (κ2) is 11.7. The van der Waals surface area contributed by atoms with Crippen LogP contribution in [0.5, 0.6) is 0 Å². The highest BCUT2D eigenvalue weighted by molar-refractivity contribution is 6.59. The highest BCUT2D eigenvalue weighted by atomic mass is 19.1. The van der Waals surface area contributed by atoms with Gasteiger partial charge in [0.15, 0.2) is 0 Å². The number of carbonyl (C=O) groups excluding carboxylic acids is 2. The van der Waals surface area contributed by atoms with Crippen molar-refractivity contribution in [2.24, 2.45) is 11.5 Å². The average Bonchev–Trinajstić information content (AvgIpc) is 2.75. The SMILES string of the molecule is NC(=O)C(N)CCCCN(Cc1cccc(B(O)O)c1)C(=O)c1ccc(F)c(B(O)O)c1.